The van der Waals surface area contributed by atoms with Crippen LogP contribution < -0.4 is 0 Å². The Kier molecular flexibility index (Phi) is 8.94. The summed E-state index contributed by atoms with van der Waals surface area (Å²) >= 11 is 2.18. The molecular formula is C8H17IO2P+. The van der Waals surface area contributed by atoms with E-state index in [9.17, 15) is 4.57 Å². The molecule has 4 heteroatoms. The third kappa shape index (κ3) is 6.32. The molecule has 0 aromatic carbocycles. The smallest absolute Gasteiger partial charge is 0.160 e. The lowest BCUT2D eigenvalue weighted by molar-refractivity contribution is 0.485. The lowest BCUT2D eigenvalue weighted by Gasteiger charge is -1.99. The zero-order chi connectivity index (χ0) is 9.40. The number of rotatable bonds is 7. The van der Waals surface area contributed by atoms with Crippen molar-refractivity contribution in [2.75, 3.05) is 4.43 Å². The topological polar surface area (TPSA) is 37.3 Å². The molecule has 0 rings (SSSR count). The Labute approximate surface area is 89.1 Å². The van der Waals surface area contributed by atoms with Gasteiger partial charge in [0, 0.05) is 4.43 Å². The molecule has 1 N–H and O–H groups in total. The van der Waals surface area contributed by atoms with Crippen molar-refractivity contribution in [2.45, 2.75) is 44.7 Å². The summed E-state index contributed by atoms with van der Waals surface area (Å²) in [5.74, 6) is 0. The summed E-state index contributed by atoms with van der Waals surface area (Å²) in [6.45, 7) is 2.17. The van der Waals surface area contributed by atoms with Crippen LogP contribution in [0.15, 0.2) is 0 Å². The average Bonchev–Trinajstić information content (AvgIpc) is 2.04. The molecule has 72 valence electrons. The molecule has 0 saturated carbocycles. The van der Waals surface area contributed by atoms with Gasteiger partial charge in [-0.25, -0.2) is 0 Å². The largest absolute Gasteiger partial charge is 0.509 e. The van der Waals surface area contributed by atoms with Crippen LogP contribution in [0.25, 0.3) is 0 Å². The number of alkyl halides is 1. The Morgan fingerprint density at radius 2 is 2.08 bits per heavy atom. The minimum atomic E-state index is -1.94. The normalized spacial score (nSPS) is 14.4. The zero-order valence-electron chi connectivity index (χ0n) is 7.50. The Hall–Kier alpha value is 0.790. The van der Waals surface area contributed by atoms with Gasteiger partial charge >= 0.3 is 8.03 Å². The molecule has 0 bridgehead atoms. The minimum absolute atomic E-state index is 0.0254. The molecule has 0 fully saturated rings. The molecule has 0 aliphatic heterocycles. The van der Waals surface area contributed by atoms with Crippen molar-refractivity contribution >= 4 is 30.6 Å². The fourth-order valence-corrected chi connectivity index (χ4v) is 3.03. The van der Waals surface area contributed by atoms with Crippen molar-refractivity contribution < 1.29 is 9.46 Å². The first-order chi connectivity index (χ1) is 5.72. The van der Waals surface area contributed by atoms with Gasteiger partial charge in [-0.3, -0.25) is 0 Å². The van der Waals surface area contributed by atoms with Gasteiger partial charge in [-0.05, 0) is 17.4 Å². The number of hydrogen-bond donors (Lipinski definition) is 1. The van der Waals surface area contributed by atoms with Gasteiger partial charge in [0.05, 0.1) is 0 Å². The summed E-state index contributed by atoms with van der Waals surface area (Å²) in [5, 5.41) is 0. The van der Waals surface area contributed by atoms with E-state index < -0.39 is 8.03 Å². The zero-order valence-corrected chi connectivity index (χ0v) is 10.6. The van der Waals surface area contributed by atoms with Crippen molar-refractivity contribution in [3.05, 3.63) is 0 Å². The summed E-state index contributed by atoms with van der Waals surface area (Å²) in [6.07, 6.45) is 5.68. The Bertz CT molecular complexity index is 130. The molecule has 0 aromatic heterocycles. The van der Waals surface area contributed by atoms with Crippen LogP contribution in [0.3, 0.4) is 0 Å². The maximum Gasteiger partial charge on any atom is 0.509 e. The van der Waals surface area contributed by atoms with Crippen molar-refractivity contribution in [2.24, 2.45) is 0 Å². The van der Waals surface area contributed by atoms with E-state index in [-0.39, 0.29) is 5.66 Å². The molecule has 0 amide bonds. The van der Waals surface area contributed by atoms with Gasteiger partial charge < -0.3 is 0 Å². The molecule has 2 unspecified atom stereocenters. The summed E-state index contributed by atoms with van der Waals surface area (Å²) in [4.78, 5) is 8.87. The average molecular weight is 303 g/mol. The molecule has 0 radical (unpaired) electrons. The lowest BCUT2D eigenvalue weighted by atomic mass is 10.1. The van der Waals surface area contributed by atoms with E-state index >= 15 is 0 Å². The third-order valence-electron chi connectivity index (χ3n) is 1.88. The summed E-state index contributed by atoms with van der Waals surface area (Å²) in [7, 11) is -1.94. The van der Waals surface area contributed by atoms with Crippen LogP contribution in [0.2, 0.25) is 0 Å². The van der Waals surface area contributed by atoms with Gasteiger partial charge in [0.15, 0.2) is 5.66 Å². The van der Waals surface area contributed by atoms with Gasteiger partial charge in [-0.1, -0.05) is 48.8 Å². The Balaban J connectivity index is 3.38. The fourth-order valence-electron chi connectivity index (χ4n) is 1.05. The van der Waals surface area contributed by atoms with Crippen molar-refractivity contribution in [3.8, 4) is 0 Å². The number of unbranched alkanes of at least 4 members (excludes halogenated alkanes) is 3. The van der Waals surface area contributed by atoms with E-state index in [0.29, 0.717) is 0 Å². The molecule has 2 atom stereocenters. The van der Waals surface area contributed by atoms with Crippen molar-refractivity contribution in [1.82, 2.24) is 0 Å². The molecule has 12 heavy (non-hydrogen) atoms. The molecular weight excluding hydrogens is 286 g/mol. The fraction of sp³-hybridized carbons (Fsp3) is 1.00. The van der Waals surface area contributed by atoms with Crippen LogP contribution in [0.4, 0.5) is 0 Å². The van der Waals surface area contributed by atoms with Gasteiger partial charge in [0.2, 0.25) is 0 Å². The van der Waals surface area contributed by atoms with Crippen LogP contribution in [-0.4, -0.2) is 15.0 Å². The molecule has 0 heterocycles. The van der Waals surface area contributed by atoms with Crippen molar-refractivity contribution in [3.63, 3.8) is 0 Å². The monoisotopic (exact) mass is 303 g/mol. The highest BCUT2D eigenvalue weighted by Crippen LogP contribution is 2.28. The quantitative estimate of drug-likeness (QED) is 0.338. The Morgan fingerprint density at radius 1 is 1.42 bits per heavy atom. The maximum atomic E-state index is 10.7. The van der Waals surface area contributed by atoms with E-state index in [1.54, 1.807) is 0 Å². The standard InChI is InChI=1S/C8H16IO2P/c1-2-3-4-5-6-8(7-9)12(10)11/h8H,2-7H2,1H3/p+1. The van der Waals surface area contributed by atoms with E-state index in [4.69, 9.17) is 4.89 Å². The summed E-state index contributed by atoms with van der Waals surface area (Å²) < 4.78 is 11.5. The van der Waals surface area contributed by atoms with Crippen LogP contribution in [0.1, 0.15) is 39.0 Å². The van der Waals surface area contributed by atoms with Crippen LogP contribution >= 0.6 is 30.6 Å². The summed E-state index contributed by atoms with van der Waals surface area (Å²) in [5.41, 5.74) is 0.0254. The molecule has 0 aliphatic rings. The van der Waals surface area contributed by atoms with E-state index in [1.807, 2.05) is 0 Å². The number of halogens is 1. The molecule has 0 aromatic rings. The van der Waals surface area contributed by atoms with Crippen LogP contribution in [-0.2, 0) is 4.57 Å². The van der Waals surface area contributed by atoms with Crippen LogP contribution in [0.5, 0.6) is 0 Å². The second kappa shape index (κ2) is 8.39. The minimum Gasteiger partial charge on any atom is -0.160 e. The highest BCUT2D eigenvalue weighted by atomic mass is 127. The van der Waals surface area contributed by atoms with Gasteiger partial charge in [0.25, 0.3) is 0 Å². The van der Waals surface area contributed by atoms with Gasteiger partial charge in [-0.2, -0.15) is 4.89 Å². The van der Waals surface area contributed by atoms with Crippen molar-refractivity contribution in [1.29, 1.82) is 0 Å². The van der Waals surface area contributed by atoms with E-state index in [1.165, 1.54) is 19.3 Å². The van der Waals surface area contributed by atoms with E-state index in [0.717, 1.165) is 17.3 Å². The summed E-state index contributed by atoms with van der Waals surface area (Å²) in [6, 6.07) is 0. The molecule has 0 aliphatic carbocycles. The SMILES string of the molecule is CCCCCCC(CI)[P+](=O)O. The highest BCUT2D eigenvalue weighted by Gasteiger charge is 2.26. The third-order valence-corrected chi connectivity index (χ3v) is 4.71. The predicted molar refractivity (Wildman–Crippen MR) is 61.3 cm³/mol. The van der Waals surface area contributed by atoms with E-state index in [2.05, 4.69) is 29.5 Å². The second-order valence-electron chi connectivity index (χ2n) is 2.96. The highest BCUT2D eigenvalue weighted by molar-refractivity contribution is 14.1. The molecule has 2 nitrogen and oxygen atoms in total. The maximum absolute atomic E-state index is 10.7. The lowest BCUT2D eigenvalue weighted by Crippen LogP contribution is -2.03. The Morgan fingerprint density at radius 3 is 2.50 bits per heavy atom. The first-order valence-electron chi connectivity index (χ1n) is 4.43. The predicted octanol–water partition coefficient (Wildman–Crippen LogP) is 3.50. The van der Waals surface area contributed by atoms with Gasteiger partial charge in [-0.15, -0.1) is 0 Å². The first-order valence-corrected chi connectivity index (χ1v) is 7.24. The first kappa shape index (κ1) is 12.8. The second-order valence-corrected chi connectivity index (χ2v) is 5.18. The number of hydrogen-bond acceptors (Lipinski definition) is 1. The molecule has 0 saturated heterocycles. The van der Waals surface area contributed by atoms with Gasteiger partial charge in [0.1, 0.15) is 0 Å². The molecule has 0 spiro atoms. The van der Waals surface area contributed by atoms with Crippen LogP contribution in [0, 0.1) is 0 Å².